The third-order valence-corrected chi connectivity index (χ3v) is 10.2. The zero-order valence-electron chi connectivity index (χ0n) is 25.3. The van der Waals surface area contributed by atoms with Crippen LogP contribution in [0.5, 0.6) is 5.75 Å². The van der Waals surface area contributed by atoms with Crippen molar-refractivity contribution >= 4 is 35.1 Å². The van der Waals surface area contributed by atoms with Gasteiger partial charge in [0.15, 0.2) is 0 Å². The SMILES string of the molecule is Cc1ccc(C)c(N2C[C@@H](C(=O)Oc3ccc(N4C(=O)[C@@H]5C6c7ccccc7C(c7ccccc76)[C@@H]5C4=O)c(C)c3)CC2=O)c1. The number of ether oxygens (including phenoxy) is 1. The smallest absolute Gasteiger partial charge is 0.316 e. The molecule has 2 fully saturated rings. The number of amides is 3. The first-order chi connectivity index (χ1) is 21.7. The molecule has 45 heavy (non-hydrogen) atoms. The number of aryl methyl sites for hydroxylation is 3. The number of imide groups is 1. The van der Waals surface area contributed by atoms with E-state index in [0.29, 0.717) is 17.0 Å². The summed E-state index contributed by atoms with van der Waals surface area (Å²) in [4.78, 5) is 57.4. The fourth-order valence-electron chi connectivity index (χ4n) is 8.17. The van der Waals surface area contributed by atoms with Gasteiger partial charge in [0.05, 0.1) is 23.4 Å². The topological polar surface area (TPSA) is 84.0 Å². The molecule has 2 saturated heterocycles. The highest BCUT2D eigenvalue weighted by molar-refractivity contribution is 6.23. The second-order valence-electron chi connectivity index (χ2n) is 12.8. The summed E-state index contributed by atoms with van der Waals surface area (Å²) in [6, 6.07) is 27.3. The van der Waals surface area contributed by atoms with Crippen LogP contribution in [0.25, 0.3) is 0 Å². The predicted molar refractivity (Wildman–Crippen MR) is 169 cm³/mol. The van der Waals surface area contributed by atoms with Gasteiger partial charge in [0, 0.05) is 30.5 Å². The molecule has 2 heterocycles. The second-order valence-corrected chi connectivity index (χ2v) is 12.8. The molecule has 224 valence electrons. The molecule has 3 atom stereocenters. The molecule has 0 aromatic heterocycles. The van der Waals surface area contributed by atoms with E-state index in [9.17, 15) is 19.2 Å². The number of carbonyl (C=O) groups excluding carboxylic acids is 4. The van der Waals surface area contributed by atoms with Gasteiger partial charge in [0.1, 0.15) is 5.75 Å². The molecule has 5 aliphatic rings. The van der Waals surface area contributed by atoms with Crippen molar-refractivity contribution in [1.82, 2.24) is 0 Å². The number of carbonyl (C=O) groups is 4. The largest absolute Gasteiger partial charge is 0.426 e. The number of hydrogen-bond donors (Lipinski definition) is 0. The lowest BCUT2D eigenvalue weighted by atomic mass is 9.55. The van der Waals surface area contributed by atoms with Gasteiger partial charge in [-0.25, -0.2) is 4.90 Å². The summed E-state index contributed by atoms with van der Waals surface area (Å²) in [5, 5.41) is 0. The highest BCUT2D eigenvalue weighted by Gasteiger charge is 2.61. The lowest BCUT2D eigenvalue weighted by Crippen LogP contribution is -2.41. The Hall–Kier alpha value is -5.04. The van der Waals surface area contributed by atoms with Crippen molar-refractivity contribution in [2.45, 2.75) is 39.0 Å². The van der Waals surface area contributed by atoms with Crippen LogP contribution in [0.2, 0.25) is 0 Å². The molecule has 0 N–H and O–H groups in total. The van der Waals surface area contributed by atoms with Crippen molar-refractivity contribution in [3.8, 4) is 5.75 Å². The van der Waals surface area contributed by atoms with Gasteiger partial charge in [0.2, 0.25) is 17.7 Å². The van der Waals surface area contributed by atoms with Gasteiger partial charge in [-0.05, 0) is 84.0 Å². The summed E-state index contributed by atoms with van der Waals surface area (Å²) < 4.78 is 5.75. The van der Waals surface area contributed by atoms with Crippen LogP contribution in [-0.4, -0.2) is 30.2 Å². The van der Waals surface area contributed by atoms with E-state index < -0.39 is 23.7 Å². The van der Waals surface area contributed by atoms with Crippen LogP contribution in [0.4, 0.5) is 11.4 Å². The van der Waals surface area contributed by atoms with Gasteiger partial charge < -0.3 is 9.64 Å². The number of nitrogens with zero attached hydrogens (tertiary/aromatic N) is 2. The summed E-state index contributed by atoms with van der Waals surface area (Å²) in [5.41, 5.74) is 8.51. The lowest BCUT2D eigenvalue weighted by Gasteiger charge is -2.45. The van der Waals surface area contributed by atoms with E-state index in [0.717, 1.165) is 39.1 Å². The number of benzene rings is 4. The van der Waals surface area contributed by atoms with Crippen LogP contribution in [0.3, 0.4) is 0 Å². The molecule has 0 spiro atoms. The highest BCUT2D eigenvalue weighted by Crippen LogP contribution is 2.61. The molecule has 3 aliphatic carbocycles. The third kappa shape index (κ3) is 4.03. The van der Waals surface area contributed by atoms with Crippen LogP contribution in [0.15, 0.2) is 84.9 Å². The van der Waals surface area contributed by atoms with Gasteiger partial charge in [-0.3, -0.25) is 19.2 Å². The van der Waals surface area contributed by atoms with Gasteiger partial charge in [-0.2, -0.15) is 0 Å². The molecule has 2 aliphatic heterocycles. The first-order valence-corrected chi connectivity index (χ1v) is 15.5. The van der Waals surface area contributed by atoms with Crippen LogP contribution >= 0.6 is 0 Å². The second kappa shape index (κ2) is 9.99. The van der Waals surface area contributed by atoms with E-state index in [2.05, 4.69) is 24.3 Å². The molecular formula is C38H32N2O5. The monoisotopic (exact) mass is 596 g/mol. The average molecular weight is 597 g/mol. The maximum absolute atomic E-state index is 14.2. The summed E-state index contributed by atoms with van der Waals surface area (Å²) in [6.45, 7) is 5.99. The Labute approximate surface area is 261 Å². The summed E-state index contributed by atoms with van der Waals surface area (Å²) in [5.74, 6) is -2.53. The van der Waals surface area contributed by atoms with Gasteiger partial charge in [-0.1, -0.05) is 60.7 Å². The average Bonchev–Trinajstić information content (AvgIpc) is 3.55. The maximum Gasteiger partial charge on any atom is 0.316 e. The molecule has 7 heteroatoms. The van der Waals surface area contributed by atoms with E-state index in [4.69, 9.17) is 4.74 Å². The Balaban J connectivity index is 1.04. The van der Waals surface area contributed by atoms with E-state index in [1.807, 2.05) is 63.2 Å². The maximum atomic E-state index is 14.2. The molecule has 0 unspecified atom stereocenters. The molecule has 0 saturated carbocycles. The zero-order chi connectivity index (χ0) is 31.1. The minimum absolute atomic E-state index is 0.0793. The predicted octanol–water partition coefficient (Wildman–Crippen LogP) is 5.97. The van der Waals surface area contributed by atoms with Gasteiger partial charge >= 0.3 is 5.97 Å². The summed E-state index contributed by atoms with van der Waals surface area (Å²) in [6.07, 6.45) is 0.0793. The molecule has 4 aromatic rings. The minimum Gasteiger partial charge on any atom is -0.426 e. The minimum atomic E-state index is -0.596. The number of hydrogen-bond acceptors (Lipinski definition) is 5. The molecule has 3 amide bonds. The van der Waals surface area contributed by atoms with E-state index in [1.54, 1.807) is 23.1 Å². The van der Waals surface area contributed by atoms with Crippen LogP contribution < -0.4 is 14.5 Å². The normalized spacial score (nSPS) is 24.5. The van der Waals surface area contributed by atoms with Crippen LogP contribution in [-0.2, 0) is 19.2 Å². The first-order valence-electron chi connectivity index (χ1n) is 15.5. The Morgan fingerprint density at radius 1 is 0.689 bits per heavy atom. The summed E-state index contributed by atoms with van der Waals surface area (Å²) in [7, 11) is 0. The molecule has 7 nitrogen and oxygen atoms in total. The molecular weight excluding hydrogens is 564 g/mol. The first kappa shape index (κ1) is 27.5. The van der Waals surface area contributed by atoms with Crippen molar-refractivity contribution in [3.63, 3.8) is 0 Å². The summed E-state index contributed by atoms with van der Waals surface area (Å²) >= 11 is 0. The number of esters is 1. The molecule has 0 radical (unpaired) electrons. The number of anilines is 2. The fraction of sp³-hybridized carbons (Fsp3) is 0.263. The Morgan fingerprint density at radius 2 is 1.27 bits per heavy atom. The number of rotatable bonds is 4. The zero-order valence-corrected chi connectivity index (χ0v) is 25.3. The standard InChI is InChI=1S/C38H32N2O5/c1-20-12-13-21(2)30(16-20)39-19-23(18-31(39)41)38(44)45-24-14-15-29(22(3)17-24)40-36(42)34-32-25-8-4-5-9-26(25)33(35(34)37(40)43)28-11-7-6-10-27(28)32/h4-17,23,32-35H,18-19H2,1-3H3/t23-,32?,33?,34-,35+/m0/s1. The Morgan fingerprint density at radius 3 is 1.82 bits per heavy atom. The van der Waals surface area contributed by atoms with Crippen LogP contribution in [0.1, 0.15) is 57.2 Å². The van der Waals surface area contributed by atoms with E-state index in [-0.39, 0.29) is 42.5 Å². The highest BCUT2D eigenvalue weighted by atomic mass is 16.5. The quantitative estimate of drug-likeness (QED) is 0.165. The van der Waals surface area contributed by atoms with Crippen molar-refractivity contribution in [2.75, 3.05) is 16.3 Å². The Bertz CT molecular complexity index is 1850. The molecule has 2 bridgehead atoms. The van der Waals surface area contributed by atoms with Gasteiger partial charge in [0.25, 0.3) is 0 Å². The lowest BCUT2D eigenvalue weighted by molar-refractivity contribution is -0.139. The fourth-order valence-corrected chi connectivity index (χ4v) is 8.17. The van der Waals surface area contributed by atoms with Crippen molar-refractivity contribution in [1.29, 1.82) is 0 Å². The van der Waals surface area contributed by atoms with Crippen molar-refractivity contribution < 1.29 is 23.9 Å². The van der Waals surface area contributed by atoms with Gasteiger partial charge in [-0.15, -0.1) is 0 Å². The van der Waals surface area contributed by atoms with Crippen molar-refractivity contribution in [3.05, 3.63) is 124 Å². The van der Waals surface area contributed by atoms with Crippen molar-refractivity contribution in [2.24, 2.45) is 17.8 Å². The third-order valence-electron chi connectivity index (χ3n) is 10.2. The van der Waals surface area contributed by atoms with E-state index >= 15 is 0 Å². The van der Waals surface area contributed by atoms with Crippen LogP contribution in [0, 0.1) is 38.5 Å². The molecule has 4 aromatic carbocycles. The Kier molecular flexibility index (Phi) is 6.11. The van der Waals surface area contributed by atoms with E-state index in [1.165, 1.54) is 4.90 Å². The molecule has 9 rings (SSSR count).